The molecule has 0 saturated carbocycles. The van der Waals surface area contributed by atoms with Crippen molar-refractivity contribution in [2.75, 3.05) is 26.2 Å². The SMILES string of the molecule is CCCCN(CCc1ccccc1)CC1CCCN1. The Morgan fingerprint density at radius 2 is 2.05 bits per heavy atom. The molecule has 106 valence electrons. The first-order valence-electron chi connectivity index (χ1n) is 7.88. The van der Waals surface area contributed by atoms with Crippen LogP contribution in [0.3, 0.4) is 0 Å². The Balaban J connectivity index is 1.78. The third-order valence-electron chi connectivity index (χ3n) is 4.03. The highest BCUT2D eigenvalue weighted by atomic mass is 15.1. The number of hydrogen-bond donors (Lipinski definition) is 1. The van der Waals surface area contributed by atoms with Gasteiger partial charge in [0.1, 0.15) is 0 Å². The second-order valence-electron chi connectivity index (χ2n) is 5.68. The van der Waals surface area contributed by atoms with E-state index in [1.54, 1.807) is 0 Å². The molecule has 1 saturated heterocycles. The highest BCUT2D eigenvalue weighted by molar-refractivity contribution is 5.14. The summed E-state index contributed by atoms with van der Waals surface area (Å²) in [4.78, 5) is 2.65. The number of rotatable bonds is 8. The zero-order valence-corrected chi connectivity index (χ0v) is 12.3. The smallest absolute Gasteiger partial charge is 0.0195 e. The van der Waals surface area contributed by atoms with Crippen LogP contribution in [0.15, 0.2) is 30.3 Å². The Morgan fingerprint density at radius 1 is 1.21 bits per heavy atom. The van der Waals surface area contributed by atoms with Crippen molar-refractivity contribution < 1.29 is 0 Å². The van der Waals surface area contributed by atoms with E-state index in [1.807, 2.05) is 0 Å². The van der Waals surface area contributed by atoms with Crippen molar-refractivity contribution in [3.63, 3.8) is 0 Å². The minimum Gasteiger partial charge on any atom is -0.313 e. The summed E-state index contributed by atoms with van der Waals surface area (Å²) in [5.74, 6) is 0. The van der Waals surface area contributed by atoms with Gasteiger partial charge in [0.2, 0.25) is 0 Å². The Hall–Kier alpha value is -0.860. The summed E-state index contributed by atoms with van der Waals surface area (Å²) in [6.45, 7) is 7.17. The van der Waals surface area contributed by atoms with Crippen LogP contribution in [0.5, 0.6) is 0 Å². The zero-order valence-electron chi connectivity index (χ0n) is 12.3. The summed E-state index contributed by atoms with van der Waals surface area (Å²) in [6.07, 6.45) is 6.50. The van der Waals surface area contributed by atoms with Gasteiger partial charge in [0.15, 0.2) is 0 Å². The van der Waals surface area contributed by atoms with Crippen molar-refractivity contribution in [1.82, 2.24) is 10.2 Å². The van der Waals surface area contributed by atoms with Gasteiger partial charge >= 0.3 is 0 Å². The van der Waals surface area contributed by atoms with E-state index in [-0.39, 0.29) is 0 Å². The molecule has 0 bridgehead atoms. The zero-order chi connectivity index (χ0) is 13.3. The van der Waals surface area contributed by atoms with E-state index in [1.165, 1.54) is 63.8 Å². The van der Waals surface area contributed by atoms with Gasteiger partial charge in [-0.15, -0.1) is 0 Å². The molecule has 0 amide bonds. The van der Waals surface area contributed by atoms with Crippen molar-refractivity contribution in [1.29, 1.82) is 0 Å². The maximum Gasteiger partial charge on any atom is 0.0195 e. The van der Waals surface area contributed by atoms with Gasteiger partial charge in [0.05, 0.1) is 0 Å². The monoisotopic (exact) mass is 260 g/mol. The summed E-state index contributed by atoms with van der Waals surface area (Å²) >= 11 is 0. The van der Waals surface area contributed by atoms with E-state index >= 15 is 0 Å². The predicted molar refractivity (Wildman–Crippen MR) is 82.5 cm³/mol. The lowest BCUT2D eigenvalue weighted by Crippen LogP contribution is -2.39. The minimum atomic E-state index is 0.729. The van der Waals surface area contributed by atoms with Crippen LogP contribution in [0.1, 0.15) is 38.2 Å². The second-order valence-corrected chi connectivity index (χ2v) is 5.68. The van der Waals surface area contributed by atoms with Crippen LogP contribution >= 0.6 is 0 Å². The Bertz CT molecular complexity index is 330. The number of hydrogen-bond acceptors (Lipinski definition) is 2. The molecular formula is C17H28N2. The van der Waals surface area contributed by atoms with Crippen molar-refractivity contribution in [3.05, 3.63) is 35.9 Å². The molecule has 0 aliphatic carbocycles. The van der Waals surface area contributed by atoms with Crippen LogP contribution in [0.4, 0.5) is 0 Å². The highest BCUT2D eigenvalue weighted by Gasteiger charge is 2.17. The largest absolute Gasteiger partial charge is 0.313 e. The third kappa shape index (κ3) is 5.33. The molecule has 0 radical (unpaired) electrons. The summed E-state index contributed by atoms with van der Waals surface area (Å²) in [7, 11) is 0. The average Bonchev–Trinajstić information content (AvgIpc) is 2.96. The molecule has 1 atom stereocenters. The highest BCUT2D eigenvalue weighted by Crippen LogP contribution is 2.09. The van der Waals surface area contributed by atoms with Crippen LogP contribution in [0.2, 0.25) is 0 Å². The van der Waals surface area contributed by atoms with Crippen LogP contribution in [-0.2, 0) is 6.42 Å². The molecule has 1 heterocycles. The van der Waals surface area contributed by atoms with Crippen molar-refractivity contribution >= 4 is 0 Å². The van der Waals surface area contributed by atoms with Gasteiger partial charge in [-0.05, 0) is 44.3 Å². The lowest BCUT2D eigenvalue weighted by Gasteiger charge is -2.25. The summed E-state index contributed by atoms with van der Waals surface area (Å²) in [6, 6.07) is 11.6. The first kappa shape index (κ1) is 14.5. The molecular weight excluding hydrogens is 232 g/mol. The fourth-order valence-corrected chi connectivity index (χ4v) is 2.83. The van der Waals surface area contributed by atoms with E-state index in [0.29, 0.717) is 0 Å². The lowest BCUT2D eigenvalue weighted by atomic mass is 10.1. The number of nitrogens with zero attached hydrogens (tertiary/aromatic N) is 1. The molecule has 1 aromatic carbocycles. The molecule has 19 heavy (non-hydrogen) atoms. The molecule has 2 nitrogen and oxygen atoms in total. The van der Waals surface area contributed by atoms with Crippen LogP contribution in [-0.4, -0.2) is 37.1 Å². The van der Waals surface area contributed by atoms with Crippen molar-refractivity contribution in [3.8, 4) is 0 Å². The Kier molecular flexibility index (Phi) is 6.38. The first-order valence-corrected chi connectivity index (χ1v) is 7.88. The number of nitrogens with one attached hydrogen (secondary N) is 1. The fourth-order valence-electron chi connectivity index (χ4n) is 2.83. The maximum absolute atomic E-state index is 3.62. The molecule has 1 aliphatic rings. The number of unbranched alkanes of at least 4 members (excludes halogenated alkanes) is 1. The van der Waals surface area contributed by atoms with E-state index in [4.69, 9.17) is 0 Å². The molecule has 1 fully saturated rings. The second kappa shape index (κ2) is 8.34. The normalized spacial score (nSPS) is 19.2. The van der Waals surface area contributed by atoms with Crippen molar-refractivity contribution in [2.45, 2.75) is 45.1 Å². The molecule has 0 aromatic heterocycles. The molecule has 1 N–H and O–H groups in total. The molecule has 1 aliphatic heterocycles. The van der Waals surface area contributed by atoms with Crippen LogP contribution < -0.4 is 5.32 Å². The maximum atomic E-state index is 3.62. The van der Waals surface area contributed by atoms with E-state index in [2.05, 4.69) is 47.5 Å². The standard InChI is InChI=1S/C17H28N2/c1-2-3-13-19(15-17-10-7-12-18-17)14-11-16-8-5-4-6-9-16/h4-6,8-9,17-18H,2-3,7,10-15H2,1H3. The number of benzene rings is 1. The van der Waals surface area contributed by atoms with E-state index in [9.17, 15) is 0 Å². The molecule has 1 unspecified atom stereocenters. The molecule has 2 heteroatoms. The lowest BCUT2D eigenvalue weighted by molar-refractivity contribution is 0.248. The fraction of sp³-hybridized carbons (Fsp3) is 0.647. The molecule has 0 spiro atoms. The van der Waals surface area contributed by atoms with Gasteiger partial charge in [0.25, 0.3) is 0 Å². The Labute approximate surface area is 118 Å². The van der Waals surface area contributed by atoms with Gasteiger partial charge in [-0.25, -0.2) is 0 Å². The summed E-state index contributed by atoms with van der Waals surface area (Å²) in [5, 5.41) is 3.62. The summed E-state index contributed by atoms with van der Waals surface area (Å²) in [5.41, 5.74) is 1.46. The third-order valence-corrected chi connectivity index (χ3v) is 4.03. The van der Waals surface area contributed by atoms with Gasteiger partial charge < -0.3 is 10.2 Å². The van der Waals surface area contributed by atoms with E-state index < -0.39 is 0 Å². The predicted octanol–water partition coefficient (Wildman–Crippen LogP) is 3.08. The van der Waals surface area contributed by atoms with Gasteiger partial charge in [-0.1, -0.05) is 43.7 Å². The van der Waals surface area contributed by atoms with Gasteiger partial charge in [0, 0.05) is 19.1 Å². The van der Waals surface area contributed by atoms with Crippen molar-refractivity contribution in [2.24, 2.45) is 0 Å². The average molecular weight is 260 g/mol. The van der Waals surface area contributed by atoms with Crippen LogP contribution in [0.25, 0.3) is 0 Å². The molecule has 1 aromatic rings. The summed E-state index contributed by atoms with van der Waals surface area (Å²) < 4.78 is 0. The molecule has 2 rings (SSSR count). The quantitative estimate of drug-likeness (QED) is 0.773. The van der Waals surface area contributed by atoms with Gasteiger partial charge in [-0.3, -0.25) is 0 Å². The van der Waals surface area contributed by atoms with E-state index in [0.717, 1.165) is 6.04 Å². The Morgan fingerprint density at radius 3 is 2.74 bits per heavy atom. The topological polar surface area (TPSA) is 15.3 Å². The first-order chi connectivity index (χ1) is 9.38. The van der Waals surface area contributed by atoms with Crippen LogP contribution in [0, 0.1) is 0 Å². The van der Waals surface area contributed by atoms with Gasteiger partial charge in [-0.2, -0.15) is 0 Å². The minimum absolute atomic E-state index is 0.729.